The standard InChI is InChI=1S/C51H33N5/c1-3-12-35(13-4-1)45-30-38(31-46(54-45)44-17-9-10-28-52-44)34-20-24-40(25-21-34)56-48-19-11-29-53-51(48)43-27-23-37(33-50(43)56)36-22-26-42-41-16-7-8-18-47(41)55(49(42)32-36)39-14-5-2-6-15-39/h1-33H. The lowest BCUT2D eigenvalue weighted by Crippen LogP contribution is -1.95. The fourth-order valence-electron chi connectivity index (χ4n) is 8.20. The summed E-state index contributed by atoms with van der Waals surface area (Å²) in [5.74, 6) is 0. The van der Waals surface area contributed by atoms with E-state index in [1.54, 1.807) is 0 Å². The Balaban J connectivity index is 1.04. The molecule has 0 bridgehead atoms. The normalized spacial score (nSPS) is 11.6. The minimum atomic E-state index is 0.842. The van der Waals surface area contributed by atoms with Crippen molar-refractivity contribution in [3.8, 4) is 56.3 Å². The molecule has 56 heavy (non-hydrogen) atoms. The molecule has 0 unspecified atom stereocenters. The number of fused-ring (bicyclic) bond motifs is 6. The van der Waals surface area contributed by atoms with Crippen LogP contribution in [0.5, 0.6) is 0 Å². The predicted molar refractivity (Wildman–Crippen MR) is 230 cm³/mol. The SMILES string of the molecule is c1ccc(-c2cc(-c3ccc(-n4c5cc(-c6ccc7c8ccccc8n(-c8ccccc8)c7c6)ccc5c5ncccc54)cc3)cc(-c3ccccn3)n2)cc1. The highest BCUT2D eigenvalue weighted by atomic mass is 15.0. The van der Waals surface area contributed by atoms with E-state index in [1.807, 2.05) is 54.9 Å². The zero-order chi connectivity index (χ0) is 37.0. The molecule has 11 rings (SSSR count). The fourth-order valence-corrected chi connectivity index (χ4v) is 8.20. The van der Waals surface area contributed by atoms with Crippen LogP contribution in [0.1, 0.15) is 0 Å². The third-order valence-corrected chi connectivity index (χ3v) is 10.8. The summed E-state index contributed by atoms with van der Waals surface area (Å²) in [6.45, 7) is 0. The Morgan fingerprint density at radius 2 is 0.893 bits per heavy atom. The maximum Gasteiger partial charge on any atom is 0.0963 e. The molecular formula is C51H33N5. The molecule has 5 aromatic heterocycles. The van der Waals surface area contributed by atoms with E-state index < -0.39 is 0 Å². The van der Waals surface area contributed by atoms with Crippen LogP contribution in [0.4, 0.5) is 0 Å². The second kappa shape index (κ2) is 13.0. The van der Waals surface area contributed by atoms with E-state index in [1.165, 1.54) is 21.8 Å². The lowest BCUT2D eigenvalue weighted by molar-refractivity contribution is 1.17. The third-order valence-electron chi connectivity index (χ3n) is 10.8. The Kier molecular flexibility index (Phi) is 7.42. The van der Waals surface area contributed by atoms with Crippen molar-refractivity contribution in [2.75, 3.05) is 0 Å². The van der Waals surface area contributed by atoms with Gasteiger partial charge in [0.1, 0.15) is 0 Å². The number of benzene rings is 6. The number of aromatic nitrogens is 5. The van der Waals surface area contributed by atoms with Crippen molar-refractivity contribution < 1.29 is 0 Å². The highest BCUT2D eigenvalue weighted by Crippen LogP contribution is 2.38. The van der Waals surface area contributed by atoms with Gasteiger partial charge in [-0.2, -0.15) is 0 Å². The summed E-state index contributed by atoms with van der Waals surface area (Å²) in [6, 6.07) is 66.5. The molecule has 262 valence electrons. The van der Waals surface area contributed by atoms with Crippen molar-refractivity contribution in [2.24, 2.45) is 0 Å². The zero-order valence-electron chi connectivity index (χ0n) is 30.3. The van der Waals surface area contributed by atoms with Crippen molar-refractivity contribution >= 4 is 43.7 Å². The molecule has 0 aliphatic heterocycles. The molecule has 0 N–H and O–H groups in total. The minimum Gasteiger partial charge on any atom is -0.309 e. The molecule has 6 aromatic carbocycles. The van der Waals surface area contributed by atoms with Crippen LogP contribution in [0.15, 0.2) is 200 Å². The second-order valence-corrected chi connectivity index (χ2v) is 14.1. The topological polar surface area (TPSA) is 48.5 Å². The first-order chi connectivity index (χ1) is 27.8. The van der Waals surface area contributed by atoms with E-state index in [0.717, 1.165) is 78.2 Å². The second-order valence-electron chi connectivity index (χ2n) is 14.1. The van der Waals surface area contributed by atoms with Gasteiger partial charge >= 0.3 is 0 Å². The van der Waals surface area contributed by atoms with E-state index in [0.29, 0.717) is 0 Å². The number of hydrogen-bond acceptors (Lipinski definition) is 3. The number of para-hydroxylation sites is 2. The Hall–Kier alpha value is -7.63. The van der Waals surface area contributed by atoms with Gasteiger partial charge in [0.25, 0.3) is 0 Å². The van der Waals surface area contributed by atoms with Gasteiger partial charge in [-0.3, -0.25) is 9.97 Å². The molecule has 5 heteroatoms. The summed E-state index contributed by atoms with van der Waals surface area (Å²) >= 11 is 0. The maximum absolute atomic E-state index is 5.03. The van der Waals surface area contributed by atoms with Crippen LogP contribution in [-0.4, -0.2) is 24.1 Å². The molecule has 0 fully saturated rings. The van der Waals surface area contributed by atoms with Gasteiger partial charge in [-0.15, -0.1) is 0 Å². The number of hydrogen-bond donors (Lipinski definition) is 0. The molecule has 0 amide bonds. The predicted octanol–water partition coefficient (Wildman–Crippen LogP) is 12.7. The van der Waals surface area contributed by atoms with Crippen molar-refractivity contribution in [1.29, 1.82) is 0 Å². The van der Waals surface area contributed by atoms with Gasteiger partial charge in [0.15, 0.2) is 0 Å². The van der Waals surface area contributed by atoms with E-state index in [2.05, 4.69) is 160 Å². The van der Waals surface area contributed by atoms with Gasteiger partial charge in [0.05, 0.1) is 44.7 Å². The highest BCUT2D eigenvalue weighted by Gasteiger charge is 2.17. The van der Waals surface area contributed by atoms with Crippen LogP contribution < -0.4 is 0 Å². The van der Waals surface area contributed by atoms with Crippen LogP contribution >= 0.6 is 0 Å². The summed E-state index contributed by atoms with van der Waals surface area (Å²) in [4.78, 5) is 14.5. The summed E-state index contributed by atoms with van der Waals surface area (Å²) in [5, 5.41) is 3.61. The minimum absolute atomic E-state index is 0.842. The average molecular weight is 716 g/mol. The van der Waals surface area contributed by atoms with Crippen LogP contribution in [0.2, 0.25) is 0 Å². The molecule has 0 aliphatic rings. The van der Waals surface area contributed by atoms with Crippen LogP contribution in [-0.2, 0) is 0 Å². The molecule has 5 heterocycles. The van der Waals surface area contributed by atoms with Gasteiger partial charge in [-0.25, -0.2) is 4.98 Å². The van der Waals surface area contributed by atoms with Crippen molar-refractivity contribution in [2.45, 2.75) is 0 Å². The van der Waals surface area contributed by atoms with Gasteiger partial charge in [0, 0.05) is 45.5 Å². The number of nitrogens with zero attached hydrogens (tertiary/aromatic N) is 5. The van der Waals surface area contributed by atoms with Crippen molar-refractivity contribution in [3.05, 3.63) is 200 Å². The van der Waals surface area contributed by atoms with Crippen molar-refractivity contribution in [3.63, 3.8) is 0 Å². The molecular weight excluding hydrogens is 683 g/mol. The van der Waals surface area contributed by atoms with Crippen LogP contribution in [0.3, 0.4) is 0 Å². The monoisotopic (exact) mass is 715 g/mol. The molecule has 0 aliphatic carbocycles. The number of pyridine rings is 3. The Morgan fingerprint density at radius 1 is 0.304 bits per heavy atom. The molecule has 0 saturated heterocycles. The van der Waals surface area contributed by atoms with Crippen molar-refractivity contribution in [1.82, 2.24) is 24.1 Å². The Labute approximate surface area is 323 Å². The maximum atomic E-state index is 5.03. The summed E-state index contributed by atoms with van der Waals surface area (Å²) in [6.07, 6.45) is 3.70. The van der Waals surface area contributed by atoms with Gasteiger partial charge < -0.3 is 9.13 Å². The molecule has 0 saturated carbocycles. The van der Waals surface area contributed by atoms with Crippen LogP contribution in [0.25, 0.3) is 100 Å². The first kappa shape index (κ1) is 31.9. The summed E-state index contributed by atoms with van der Waals surface area (Å²) in [7, 11) is 0. The first-order valence-corrected chi connectivity index (χ1v) is 18.8. The highest BCUT2D eigenvalue weighted by molar-refractivity contribution is 6.11. The largest absolute Gasteiger partial charge is 0.309 e. The Morgan fingerprint density at radius 3 is 1.68 bits per heavy atom. The molecule has 0 radical (unpaired) electrons. The van der Waals surface area contributed by atoms with Gasteiger partial charge in [-0.1, -0.05) is 103 Å². The average Bonchev–Trinajstić information content (AvgIpc) is 3.79. The van der Waals surface area contributed by atoms with Crippen LogP contribution in [0, 0.1) is 0 Å². The first-order valence-electron chi connectivity index (χ1n) is 18.8. The van der Waals surface area contributed by atoms with E-state index in [-0.39, 0.29) is 0 Å². The Bertz CT molecular complexity index is 3160. The number of rotatable bonds is 6. The summed E-state index contributed by atoms with van der Waals surface area (Å²) in [5.41, 5.74) is 15.9. The van der Waals surface area contributed by atoms with Gasteiger partial charge in [-0.05, 0) is 107 Å². The molecule has 0 atom stereocenters. The lowest BCUT2D eigenvalue weighted by Gasteiger charge is -2.12. The smallest absolute Gasteiger partial charge is 0.0963 e. The summed E-state index contributed by atoms with van der Waals surface area (Å²) < 4.78 is 4.71. The van der Waals surface area contributed by atoms with E-state index in [4.69, 9.17) is 9.97 Å². The zero-order valence-corrected chi connectivity index (χ0v) is 30.3. The van der Waals surface area contributed by atoms with Gasteiger partial charge in [0.2, 0.25) is 0 Å². The molecule has 5 nitrogen and oxygen atoms in total. The molecule has 11 aromatic rings. The lowest BCUT2D eigenvalue weighted by atomic mass is 10.0. The van der Waals surface area contributed by atoms with E-state index >= 15 is 0 Å². The third kappa shape index (κ3) is 5.29. The van der Waals surface area contributed by atoms with E-state index in [9.17, 15) is 0 Å². The quantitative estimate of drug-likeness (QED) is 0.172. The molecule has 0 spiro atoms. The fraction of sp³-hybridized carbons (Fsp3) is 0.